The largest absolute Gasteiger partial charge is 0.479 e. The van der Waals surface area contributed by atoms with Gasteiger partial charge in [-0.3, -0.25) is 14.4 Å². The van der Waals surface area contributed by atoms with Gasteiger partial charge in [0, 0.05) is 18.1 Å². The van der Waals surface area contributed by atoms with E-state index in [4.69, 9.17) is 4.74 Å². The third kappa shape index (κ3) is 3.22. The lowest BCUT2D eigenvalue weighted by Gasteiger charge is -2.27. The van der Waals surface area contributed by atoms with Crippen LogP contribution in [0.4, 0.5) is 11.4 Å². The molecular weight excluding hydrogens is 358 g/mol. The summed E-state index contributed by atoms with van der Waals surface area (Å²) in [5.41, 5.74) is 3.23. The zero-order valence-corrected chi connectivity index (χ0v) is 15.5. The second-order valence-corrected chi connectivity index (χ2v) is 6.82. The van der Waals surface area contributed by atoms with Crippen molar-refractivity contribution in [3.63, 3.8) is 0 Å². The molecular formula is C21H19N3O4. The molecule has 0 spiro atoms. The number of aromatic nitrogens is 1. The van der Waals surface area contributed by atoms with Crippen LogP contribution < -0.4 is 20.5 Å². The summed E-state index contributed by atoms with van der Waals surface area (Å²) >= 11 is 0. The lowest BCUT2D eigenvalue weighted by molar-refractivity contribution is -0.121. The van der Waals surface area contributed by atoms with E-state index in [1.807, 2.05) is 18.2 Å². The minimum Gasteiger partial charge on any atom is -0.479 e. The van der Waals surface area contributed by atoms with E-state index >= 15 is 0 Å². The number of carbonyl (C=O) groups excluding carboxylic acids is 2. The smallest absolute Gasteiger partial charge is 0.264 e. The molecule has 7 heteroatoms. The Kier molecular flexibility index (Phi) is 4.35. The van der Waals surface area contributed by atoms with E-state index in [1.54, 1.807) is 38.2 Å². The van der Waals surface area contributed by atoms with Crippen molar-refractivity contribution in [3.05, 3.63) is 63.9 Å². The van der Waals surface area contributed by atoms with Gasteiger partial charge in [0.05, 0.1) is 17.8 Å². The van der Waals surface area contributed by atoms with Gasteiger partial charge in [-0.25, -0.2) is 0 Å². The fourth-order valence-electron chi connectivity index (χ4n) is 3.26. The summed E-state index contributed by atoms with van der Waals surface area (Å²) in [5, 5.41) is 3.74. The van der Waals surface area contributed by atoms with E-state index in [9.17, 15) is 14.4 Å². The molecule has 2 N–H and O–H groups in total. The predicted octanol–water partition coefficient (Wildman–Crippen LogP) is 2.37. The molecule has 0 saturated heterocycles. The first-order valence-electron chi connectivity index (χ1n) is 8.87. The number of hydrogen-bond acceptors (Lipinski definition) is 4. The highest BCUT2D eigenvalue weighted by molar-refractivity contribution is 6.01. The average Bonchev–Trinajstić information content (AvgIpc) is 2.66. The summed E-state index contributed by atoms with van der Waals surface area (Å²) in [4.78, 5) is 40.4. The van der Waals surface area contributed by atoms with Crippen molar-refractivity contribution in [2.45, 2.75) is 13.3 Å². The Labute approximate surface area is 160 Å². The Morgan fingerprint density at radius 1 is 1.21 bits per heavy atom. The second-order valence-electron chi connectivity index (χ2n) is 6.82. The standard InChI is InChI=1S/C21H19N3O4/c1-12-8-14-9-13(6-7-15(14)23-21(12)27)10-18(25)22-16-4-3-5-17-20(16)28-11-19(26)24(17)2/h3-9H,10-11H2,1-2H3,(H,22,25)(H,23,27). The van der Waals surface area contributed by atoms with Gasteiger partial charge in [-0.2, -0.15) is 0 Å². The summed E-state index contributed by atoms with van der Waals surface area (Å²) in [6, 6.07) is 12.6. The second kappa shape index (κ2) is 6.84. The molecule has 0 bridgehead atoms. The number of pyridine rings is 1. The number of nitrogens with one attached hydrogen (secondary N) is 2. The molecule has 3 aromatic rings. The third-order valence-corrected chi connectivity index (χ3v) is 4.80. The number of nitrogens with zero attached hydrogens (tertiary/aromatic N) is 1. The maximum absolute atomic E-state index is 12.6. The third-order valence-electron chi connectivity index (χ3n) is 4.80. The number of hydrogen-bond donors (Lipinski definition) is 2. The molecule has 1 aromatic heterocycles. The predicted molar refractivity (Wildman–Crippen MR) is 107 cm³/mol. The van der Waals surface area contributed by atoms with E-state index in [-0.39, 0.29) is 30.4 Å². The minimum atomic E-state index is -0.197. The van der Waals surface area contributed by atoms with E-state index in [1.165, 1.54) is 4.90 Å². The summed E-state index contributed by atoms with van der Waals surface area (Å²) in [7, 11) is 1.68. The van der Waals surface area contributed by atoms with Crippen LogP contribution in [0.3, 0.4) is 0 Å². The van der Waals surface area contributed by atoms with E-state index in [2.05, 4.69) is 10.3 Å². The van der Waals surface area contributed by atoms with Crippen molar-refractivity contribution in [1.82, 2.24) is 4.98 Å². The molecule has 2 heterocycles. The van der Waals surface area contributed by atoms with Crippen LogP contribution in [0.5, 0.6) is 5.75 Å². The molecule has 0 radical (unpaired) electrons. The van der Waals surface area contributed by atoms with Crippen LogP contribution in [-0.4, -0.2) is 30.5 Å². The van der Waals surface area contributed by atoms with Crippen LogP contribution in [0.2, 0.25) is 0 Å². The lowest BCUT2D eigenvalue weighted by atomic mass is 10.1. The van der Waals surface area contributed by atoms with Crippen LogP contribution in [0.1, 0.15) is 11.1 Å². The zero-order valence-electron chi connectivity index (χ0n) is 15.5. The van der Waals surface area contributed by atoms with Crippen molar-refractivity contribution in [2.75, 3.05) is 23.9 Å². The SMILES string of the molecule is Cc1cc2cc(CC(=O)Nc3cccc4c3OCC(=O)N4C)ccc2[nH]c1=O. The fraction of sp³-hybridized carbons (Fsp3) is 0.190. The van der Waals surface area contributed by atoms with Crippen molar-refractivity contribution in [1.29, 1.82) is 0 Å². The Bertz CT molecular complexity index is 1170. The Balaban J connectivity index is 1.56. The van der Waals surface area contributed by atoms with Gasteiger partial charge in [-0.15, -0.1) is 0 Å². The van der Waals surface area contributed by atoms with Gasteiger partial charge in [-0.05, 0) is 48.2 Å². The molecule has 142 valence electrons. The Morgan fingerprint density at radius 2 is 2.04 bits per heavy atom. The highest BCUT2D eigenvalue weighted by atomic mass is 16.5. The summed E-state index contributed by atoms with van der Waals surface area (Å²) in [6.45, 7) is 1.69. The first-order valence-corrected chi connectivity index (χ1v) is 8.87. The fourth-order valence-corrected chi connectivity index (χ4v) is 3.26. The van der Waals surface area contributed by atoms with E-state index in [0.29, 0.717) is 22.7 Å². The maximum atomic E-state index is 12.6. The number of benzene rings is 2. The van der Waals surface area contributed by atoms with E-state index in [0.717, 1.165) is 16.5 Å². The minimum absolute atomic E-state index is 0.0569. The van der Waals surface area contributed by atoms with Gasteiger partial charge >= 0.3 is 0 Å². The van der Waals surface area contributed by atoms with Gasteiger partial charge < -0.3 is 19.9 Å². The highest BCUT2D eigenvalue weighted by Gasteiger charge is 2.25. The van der Waals surface area contributed by atoms with Gasteiger partial charge in [0.15, 0.2) is 12.4 Å². The number of aromatic amines is 1. The topological polar surface area (TPSA) is 91.5 Å². The molecule has 1 aliphatic rings. The van der Waals surface area contributed by atoms with Crippen LogP contribution in [0, 0.1) is 6.92 Å². The van der Waals surface area contributed by atoms with Crippen LogP contribution in [0.15, 0.2) is 47.3 Å². The molecule has 7 nitrogen and oxygen atoms in total. The first kappa shape index (κ1) is 17.8. The molecule has 0 fully saturated rings. The van der Waals surface area contributed by atoms with E-state index < -0.39 is 0 Å². The number of likely N-dealkylation sites (N-methyl/N-ethyl adjacent to an activating group) is 1. The van der Waals surface area contributed by atoms with Crippen molar-refractivity contribution >= 4 is 34.1 Å². The maximum Gasteiger partial charge on any atom is 0.264 e. The van der Waals surface area contributed by atoms with Gasteiger partial charge in [0.25, 0.3) is 11.5 Å². The molecule has 0 unspecified atom stereocenters. The van der Waals surface area contributed by atoms with Crippen LogP contribution >= 0.6 is 0 Å². The number of fused-ring (bicyclic) bond motifs is 2. The number of rotatable bonds is 3. The first-order chi connectivity index (χ1) is 13.4. The molecule has 0 aliphatic carbocycles. The molecule has 2 aromatic carbocycles. The Morgan fingerprint density at radius 3 is 2.86 bits per heavy atom. The van der Waals surface area contributed by atoms with Gasteiger partial charge in [-0.1, -0.05) is 12.1 Å². The number of carbonyl (C=O) groups is 2. The number of para-hydroxylation sites is 1. The summed E-state index contributed by atoms with van der Waals surface area (Å²) < 4.78 is 5.53. The van der Waals surface area contributed by atoms with Gasteiger partial charge in [0.2, 0.25) is 5.91 Å². The van der Waals surface area contributed by atoms with Crippen molar-refractivity contribution < 1.29 is 14.3 Å². The molecule has 1 aliphatic heterocycles. The quantitative estimate of drug-likeness (QED) is 0.733. The molecule has 0 saturated carbocycles. The summed E-state index contributed by atoms with van der Waals surface area (Å²) in [5.74, 6) is 0.155. The van der Waals surface area contributed by atoms with Crippen LogP contribution in [-0.2, 0) is 16.0 Å². The highest BCUT2D eigenvalue weighted by Crippen LogP contribution is 2.38. The molecule has 4 rings (SSSR count). The van der Waals surface area contributed by atoms with Gasteiger partial charge in [0.1, 0.15) is 0 Å². The Hall–Kier alpha value is -3.61. The lowest BCUT2D eigenvalue weighted by Crippen LogP contribution is -2.35. The number of ether oxygens (including phenoxy) is 1. The van der Waals surface area contributed by atoms with Crippen molar-refractivity contribution in [3.8, 4) is 5.75 Å². The monoisotopic (exact) mass is 377 g/mol. The number of aryl methyl sites for hydroxylation is 1. The molecule has 0 atom stereocenters. The number of H-pyrrole nitrogens is 1. The number of amides is 2. The molecule has 2 amide bonds. The van der Waals surface area contributed by atoms with Crippen LogP contribution in [0.25, 0.3) is 10.9 Å². The number of anilines is 2. The zero-order chi connectivity index (χ0) is 19.8. The van der Waals surface area contributed by atoms with Crippen molar-refractivity contribution in [2.24, 2.45) is 0 Å². The summed E-state index contributed by atoms with van der Waals surface area (Å²) in [6.07, 6.45) is 0.173. The normalized spacial score (nSPS) is 13.2. The average molecular weight is 377 g/mol. The molecule has 28 heavy (non-hydrogen) atoms.